The van der Waals surface area contributed by atoms with Crippen LogP contribution in [-0.4, -0.2) is 41.3 Å². The van der Waals surface area contributed by atoms with E-state index in [2.05, 4.69) is 10.2 Å². The Morgan fingerprint density at radius 1 is 1.32 bits per heavy atom. The van der Waals surface area contributed by atoms with Gasteiger partial charge in [0.05, 0.1) is 12.1 Å². The molecule has 1 aromatic rings. The second-order valence-corrected chi connectivity index (χ2v) is 6.29. The Labute approximate surface area is 119 Å². The lowest BCUT2D eigenvalue weighted by molar-refractivity contribution is 0.0964. The average molecular weight is 281 g/mol. The molecule has 4 heteroatoms. The van der Waals surface area contributed by atoms with E-state index in [0.717, 1.165) is 30.1 Å². The molecule has 0 radical (unpaired) electrons. The van der Waals surface area contributed by atoms with Crippen LogP contribution < -0.4 is 5.32 Å². The number of fused-ring (bicyclic) bond motifs is 1. The van der Waals surface area contributed by atoms with Crippen molar-refractivity contribution in [2.24, 2.45) is 0 Å². The second-order valence-electron chi connectivity index (χ2n) is 5.86. The quantitative estimate of drug-likeness (QED) is 0.894. The predicted octanol–water partition coefficient (Wildman–Crippen LogP) is 2.74. The van der Waals surface area contributed by atoms with Crippen LogP contribution in [0, 0.1) is 0 Å². The molecule has 2 fully saturated rings. The van der Waals surface area contributed by atoms with Gasteiger partial charge in [0.2, 0.25) is 0 Å². The molecule has 2 aliphatic heterocycles. The first-order valence-corrected chi connectivity index (χ1v) is 7.47. The molecule has 2 N–H and O–H groups in total. The Hall–Kier alpha value is -0.770. The monoisotopic (exact) mass is 280 g/mol. The summed E-state index contributed by atoms with van der Waals surface area (Å²) in [6.07, 6.45) is 4.60. The molecule has 2 unspecified atom stereocenters. The lowest BCUT2D eigenvalue weighted by Gasteiger charge is -2.44. The van der Waals surface area contributed by atoms with E-state index < -0.39 is 0 Å². The molecular weight excluding hydrogens is 260 g/mol. The third-order valence-electron chi connectivity index (χ3n) is 4.56. The fourth-order valence-electron chi connectivity index (χ4n) is 3.47. The highest BCUT2D eigenvalue weighted by Crippen LogP contribution is 2.35. The molecule has 19 heavy (non-hydrogen) atoms. The molecular formula is C15H21ClN2O. The van der Waals surface area contributed by atoms with Gasteiger partial charge in [-0.15, -0.1) is 0 Å². The van der Waals surface area contributed by atoms with Crippen molar-refractivity contribution in [3.63, 3.8) is 0 Å². The topological polar surface area (TPSA) is 35.5 Å². The minimum absolute atomic E-state index is 0.167. The SMILES string of the molecule is OCC1(Nc2ccc(Cl)cc2)CCN2CCCC2C1. The van der Waals surface area contributed by atoms with Crippen LogP contribution in [0.1, 0.15) is 25.7 Å². The first-order chi connectivity index (χ1) is 9.21. The van der Waals surface area contributed by atoms with Gasteiger partial charge in [-0.1, -0.05) is 11.6 Å². The van der Waals surface area contributed by atoms with Crippen molar-refractivity contribution in [3.8, 4) is 0 Å². The van der Waals surface area contributed by atoms with Gasteiger partial charge in [-0.2, -0.15) is 0 Å². The average Bonchev–Trinajstić information content (AvgIpc) is 2.88. The number of halogens is 1. The summed E-state index contributed by atoms with van der Waals surface area (Å²) in [5.41, 5.74) is 0.879. The standard InChI is InChI=1S/C15H21ClN2O/c16-12-3-5-13(6-4-12)17-15(11-19)7-9-18-8-1-2-14(18)10-15/h3-6,14,17,19H,1-2,7-11H2. The van der Waals surface area contributed by atoms with Crippen LogP contribution in [0.3, 0.4) is 0 Å². The molecule has 2 aliphatic rings. The van der Waals surface area contributed by atoms with Gasteiger partial charge < -0.3 is 15.3 Å². The van der Waals surface area contributed by atoms with E-state index in [0.29, 0.717) is 6.04 Å². The van der Waals surface area contributed by atoms with Crippen molar-refractivity contribution in [3.05, 3.63) is 29.3 Å². The summed E-state index contributed by atoms with van der Waals surface area (Å²) in [5, 5.41) is 14.2. The molecule has 2 saturated heterocycles. The van der Waals surface area contributed by atoms with Gasteiger partial charge in [0, 0.05) is 23.3 Å². The fourth-order valence-corrected chi connectivity index (χ4v) is 3.59. The third-order valence-corrected chi connectivity index (χ3v) is 4.81. The van der Waals surface area contributed by atoms with E-state index in [-0.39, 0.29) is 12.1 Å². The zero-order valence-electron chi connectivity index (χ0n) is 11.1. The molecule has 0 spiro atoms. The summed E-state index contributed by atoms with van der Waals surface area (Å²) in [4.78, 5) is 2.57. The minimum atomic E-state index is -0.167. The second kappa shape index (κ2) is 5.31. The molecule has 1 aromatic carbocycles. The maximum Gasteiger partial charge on any atom is 0.0662 e. The van der Waals surface area contributed by atoms with Crippen molar-refractivity contribution in [2.75, 3.05) is 25.0 Å². The molecule has 2 atom stereocenters. The van der Waals surface area contributed by atoms with E-state index in [9.17, 15) is 5.11 Å². The van der Waals surface area contributed by atoms with E-state index in [1.165, 1.54) is 19.4 Å². The Morgan fingerprint density at radius 3 is 2.84 bits per heavy atom. The van der Waals surface area contributed by atoms with Crippen molar-refractivity contribution >= 4 is 17.3 Å². The number of aliphatic hydroxyl groups is 1. The highest BCUT2D eigenvalue weighted by atomic mass is 35.5. The van der Waals surface area contributed by atoms with Crippen molar-refractivity contribution in [2.45, 2.75) is 37.3 Å². The number of benzene rings is 1. The highest BCUT2D eigenvalue weighted by molar-refractivity contribution is 6.30. The van der Waals surface area contributed by atoms with E-state index in [1.807, 2.05) is 24.3 Å². The van der Waals surface area contributed by atoms with Gasteiger partial charge in [-0.05, 0) is 56.5 Å². The Kier molecular flexibility index (Phi) is 3.70. The number of rotatable bonds is 3. The minimum Gasteiger partial charge on any atom is -0.394 e. The number of hydrogen-bond acceptors (Lipinski definition) is 3. The third kappa shape index (κ3) is 2.73. The van der Waals surface area contributed by atoms with Crippen molar-refractivity contribution < 1.29 is 5.11 Å². The normalized spacial score (nSPS) is 31.2. The predicted molar refractivity (Wildman–Crippen MR) is 78.7 cm³/mol. The van der Waals surface area contributed by atoms with Crippen LogP contribution in [0.2, 0.25) is 5.02 Å². The molecule has 0 saturated carbocycles. The summed E-state index contributed by atoms with van der Waals surface area (Å²) in [5.74, 6) is 0. The summed E-state index contributed by atoms with van der Waals surface area (Å²) in [6, 6.07) is 8.39. The van der Waals surface area contributed by atoms with Gasteiger partial charge >= 0.3 is 0 Å². The summed E-state index contributed by atoms with van der Waals surface area (Å²) < 4.78 is 0. The number of nitrogens with one attached hydrogen (secondary N) is 1. The Bertz CT molecular complexity index is 436. The van der Waals surface area contributed by atoms with Crippen molar-refractivity contribution in [1.29, 1.82) is 0 Å². The fraction of sp³-hybridized carbons (Fsp3) is 0.600. The van der Waals surface area contributed by atoms with Gasteiger partial charge in [0.15, 0.2) is 0 Å². The van der Waals surface area contributed by atoms with E-state index in [1.54, 1.807) is 0 Å². The van der Waals surface area contributed by atoms with Crippen molar-refractivity contribution in [1.82, 2.24) is 4.90 Å². The van der Waals surface area contributed by atoms with Crippen LogP contribution in [0.4, 0.5) is 5.69 Å². The molecule has 0 amide bonds. The van der Waals surface area contributed by atoms with Crippen LogP contribution in [0.25, 0.3) is 0 Å². The largest absolute Gasteiger partial charge is 0.394 e. The number of piperidine rings is 1. The van der Waals surface area contributed by atoms with Crippen LogP contribution in [0.5, 0.6) is 0 Å². The van der Waals surface area contributed by atoms with E-state index in [4.69, 9.17) is 11.6 Å². The lowest BCUT2D eigenvalue weighted by atomic mass is 9.83. The zero-order valence-corrected chi connectivity index (χ0v) is 11.9. The van der Waals surface area contributed by atoms with Crippen LogP contribution in [-0.2, 0) is 0 Å². The maximum atomic E-state index is 9.87. The maximum absolute atomic E-state index is 9.87. The summed E-state index contributed by atoms with van der Waals surface area (Å²) in [7, 11) is 0. The van der Waals surface area contributed by atoms with Crippen LogP contribution in [0.15, 0.2) is 24.3 Å². The van der Waals surface area contributed by atoms with E-state index >= 15 is 0 Å². The summed E-state index contributed by atoms with van der Waals surface area (Å²) >= 11 is 5.91. The van der Waals surface area contributed by atoms with Gasteiger partial charge in [-0.25, -0.2) is 0 Å². The number of anilines is 1. The first kappa shape index (κ1) is 13.2. The molecule has 3 rings (SSSR count). The molecule has 0 aromatic heterocycles. The Morgan fingerprint density at radius 2 is 2.11 bits per heavy atom. The zero-order chi connectivity index (χ0) is 13.3. The van der Waals surface area contributed by atoms with Gasteiger partial charge in [0.1, 0.15) is 0 Å². The first-order valence-electron chi connectivity index (χ1n) is 7.09. The molecule has 104 valence electrons. The van der Waals surface area contributed by atoms with Gasteiger partial charge in [-0.3, -0.25) is 0 Å². The number of hydrogen-bond donors (Lipinski definition) is 2. The molecule has 3 nitrogen and oxygen atoms in total. The van der Waals surface area contributed by atoms with Crippen LogP contribution >= 0.6 is 11.6 Å². The molecule has 0 aliphatic carbocycles. The highest BCUT2D eigenvalue weighted by Gasteiger charge is 2.41. The molecule has 0 bridgehead atoms. The number of aliphatic hydroxyl groups excluding tert-OH is 1. The lowest BCUT2D eigenvalue weighted by Crippen LogP contribution is -2.54. The molecule has 2 heterocycles. The number of nitrogens with zero attached hydrogens (tertiary/aromatic N) is 1. The smallest absolute Gasteiger partial charge is 0.0662 e. The summed E-state index contributed by atoms with van der Waals surface area (Å²) in [6.45, 7) is 2.51. The van der Waals surface area contributed by atoms with Gasteiger partial charge in [0.25, 0.3) is 0 Å². The Balaban J connectivity index is 1.74.